The van der Waals surface area contributed by atoms with Gasteiger partial charge in [0.25, 0.3) is 5.91 Å². The molecule has 2 N–H and O–H groups in total. The first-order valence-corrected chi connectivity index (χ1v) is 6.62. The van der Waals surface area contributed by atoms with E-state index in [2.05, 4.69) is 20.7 Å². The van der Waals surface area contributed by atoms with Crippen LogP contribution in [0.15, 0.2) is 35.4 Å². The number of carbonyl (C=O) groups is 1. The molecule has 0 aliphatic carbocycles. The van der Waals surface area contributed by atoms with E-state index in [0.717, 1.165) is 22.7 Å². The lowest BCUT2D eigenvalue weighted by Crippen LogP contribution is -2.19. The van der Waals surface area contributed by atoms with Crippen molar-refractivity contribution in [3.8, 4) is 0 Å². The molecule has 0 spiro atoms. The van der Waals surface area contributed by atoms with Gasteiger partial charge in [0.1, 0.15) is 0 Å². The van der Waals surface area contributed by atoms with Crippen LogP contribution in [0.2, 0.25) is 0 Å². The standard InChI is InChI=1S/C15H19N5O/c1-10-9-14(18-16-10)15(21)19-17-11(2)12-5-7-13(8-6-12)20(3)4/h5-9H,1-4H3,(H,16,18)(H,19,21)/b17-11-. The van der Waals surface area contributed by atoms with Gasteiger partial charge in [-0.15, -0.1) is 0 Å². The van der Waals surface area contributed by atoms with E-state index in [9.17, 15) is 4.79 Å². The third-order valence-corrected chi connectivity index (χ3v) is 3.07. The molecule has 1 aromatic carbocycles. The fraction of sp³-hybridized carbons (Fsp3) is 0.267. The number of H-pyrrole nitrogens is 1. The van der Waals surface area contributed by atoms with Crippen molar-refractivity contribution in [2.75, 3.05) is 19.0 Å². The quantitative estimate of drug-likeness (QED) is 0.666. The molecule has 1 heterocycles. The molecule has 0 bridgehead atoms. The fourth-order valence-electron chi connectivity index (χ4n) is 1.79. The second kappa shape index (κ2) is 6.21. The van der Waals surface area contributed by atoms with E-state index >= 15 is 0 Å². The highest BCUT2D eigenvalue weighted by Crippen LogP contribution is 2.12. The molecule has 0 saturated heterocycles. The molecule has 21 heavy (non-hydrogen) atoms. The Morgan fingerprint density at radius 3 is 2.48 bits per heavy atom. The Kier molecular flexibility index (Phi) is 4.37. The number of carbonyl (C=O) groups excluding carboxylic acids is 1. The molecule has 0 fully saturated rings. The van der Waals surface area contributed by atoms with Gasteiger partial charge < -0.3 is 4.90 Å². The third kappa shape index (κ3) is 3.68. The molecule has 0 saturated carbocycles. The molecular weight excluding hydrogens is 266 g/mol. The number of benzene rings is 1. The van der Waals surface area contributed by atoms with Crippen molar-refractivity contribution in [1.29, 1.82) is 0 Å². The predicted molar refractivity (Wildman–Crippen MR) is 83.8 cm³/mol. The minimum Gasteiger partial charge on any atom is -0.378 e. The van der Waals surface area contributed by atoms with Gasteiger partial charge >= 0.3 is 0 Å². The first kappa shape index (κ1) is 14.8. The van der Waals surface area contributed by atoms with Crippen LogP contribution >= 0.6 is 0 Å². The smallest absolute Gasteiger partial charge is 0.291 e. The number of hydrogen-bond donors (Lipinski definition) is 2. The average molecular weight is 285 g/mol. The van der Waals surface area contributed by atoms with E-state index in [1.807, 2.05) is 57.1 Å². The minimum absolute atomic E-state index is 0.326. The first-order chi connectivity index (χ1) is 9.97. The van der Waals surface area contributed by atoms with Gasteiger partial charge in [-0.05, 0) is 37.6 Å². The summed E-state index contributed by atoms with van der Waals surface area (Å²) in [6, 6.07) is 9.63. The molecule has 0 unspecified atom stereocenters. The first-order valence-electron chi connectivity index (χ1n) is 6.62. The Balaban J connectivity index is 2.05. The normalized spacial score (nSPS) is 11.3. The lowest BCUT2D eigenvalue weighted by Gasteiger charge is -2.12. The minimum atomic E-state index is -0.330. The Labute approximate surface area is 123 Å². The maximum absolute atomic E-state index is 11.8. The SMILES string of the molecule is C/C(=N/NC(=O)c1cc(C)[nH]n1)c1ccc(N(C)C)cc1. The average Bonchev–Trinajstić information content (AvgIpc) is 2.91. The molecule has 2 rings (SSSR count). The maximum Gasteiger partial charge on any atom is 0.291 e. The topological polar surface area (TPSA) is 73.4 Å². The second-order valence-corrected chi connectivity index (χ2v) is 5.02. The lowest BCUT2D eigenvalue weighted by atomic mass is 10.1. The van der Waals surface area contributed by atoms with Gasteiger partial charge in [-0.25, -0.2) is 5.43 Å². The molecule has 0 aliphatic heterocycles. The van der Waals surface area contributed by atoms with Crippen LogP contribution in [-0.2, 0) is 0 Å². The number of hydrogen-bond acceptors (Lipinski definition) is 4. The summed E-state index contributed by atoms with van der Waals surface area (Å²) in [5.74, 6) is -0.330. The second-order valence-electron chi connectivity index (χ2n) is 5.02. The van der Waals surface area contributed by atoms with Crippen molar-refractivity contribution >= 4 is 17.3 Å². The number of aromatic nitrogens is 2. The Morgan fingerprint density at radius 1 is 1.29 bits per heavy atom. The summed E-state index contributed by atoms with van der Waals surface area (Å²) in [4.78, 5) is 13.9. The summed E-state index contributed by atoms with van der Waals surface area (Å²) in [5, 5.41) is 10.7. The van der Waals surface area contributed by atoms with Gasteiger partial charge in [-0.3, -0.25) is 9.89 Å². The van der Waals surface area contributed by atoms with Crippen LogP contribution in [-0.4, -0.2) is 35.9 Å². The Bertz CT molecular complexity index is 655. The fourth-order valence-corrected chi connectivity index (χ4v) is 1.79. The zero-order valence-electron chi connectivity index (χ0n) is 12.6. The van der Waals surface area contributed by atoms with Gasteiger partial charge in [0, 0.05) is 25.5 Å². The summed E-state index contributed by atoms with van der Waals surface area (Å²) < 4.78 is 0. The third-order valence-electron chi connectivity index (χ3n) is 3.07. The monoisotopic (exact) mass is 285 g/mol. The van der Waals surface area contributed by atoms with Crippen LogP contribution < -0.4 is 10.3 Å². The molecule has 110 valence electrons. The Morgan fingerprint density at radius 2 is 1.95 bits per heavy atom. The number of aromatic amines is 1. The summed E-state index contributed by atoms with van der Waals surface area (Å²) in [6.45, 7) is 3.69. The number of amides is 1. The lowest BCUT2D eigenvalue weighted by molar-refractivity contribution is 0.0950. The van der Waals surface area contributed by atoms with Crippen molar-refractivity contribution in [3.63, 3.8) is 0 Å². The molecule has 1 aromatic heterocycles. The van der Waals surface area contributed by atoms with Crippen molar-refractivity contribution in [2.24, 2.45) is 5.10 Å². The van der Waals surface area contributed by atoms with Crippen molar-refractivity contribution in [3.05, 3.63) is 47.3 Å². The van der Waals surface area contributed by atoms with Crippen molar-refractivity contribution in [2.45, 2.75) is 13.8 Å². The number of nitrogens with zero attached hydrogens (tertiary/aromatic N) is 3. The molecular formula is C15H19N5O. The van der Waals surface area contributed by atoms with Crippen LogP contribution in [0.4, 0.5) is 5.69 Å². The van der Waals surface area contributed by atoms with Gasteiger partial charge in [-0.2, -0.15) is 10.2 Å². The maximum atomic E-state index is 11.8. The van der Waals surface area contributed by atoms with E-state index < -0.39 is 0 Å². The van der Waals surface area contributed by atoms with Crippen LogP contribution in [0, 0.1) is 6.92 Å². The van der Waals surface area contributed by atoms with E-state index in [-0.39, 0.29) is 5.91 Å². The van der Waals surface area contributed by atoms with E-state index in [1.165, 1.54) is 0 Å². The predicted octanol–water partition coefficient (Wildman–Crippen LogP) is 1.94. The molecule has 0 aliphatic rings. The van der Waals surface area contributed by atoms with E-state index in [1.54, 1.807) is 6.07 Å². The number of hydrazone groups is 1. The molecule has 0 atom stereocenters. The number of rotatable bonds is 4. The van der Waals surface area contributed by atoms with E-state index in [0.29, 0.717) is 5.69 Å². The van der Waals surface area contributed by atoms with Crippen molar-refractivity contribution < 1.29 is 4.79 Å². The molecule has 1 amide bonds. The highest BCUT2D eigenvalue weighted by molar-refractivity contribution is 6.00. The van der Waals surface area contributed by atoms with Crippen LogP contribution in [0.1, 0.15) is 28.7 Å². The van der Waals surface area contributed by atoms with Crippen LogP contribution in [0.3, 0.4) is 0 Å². The zero-order chi connectivity index (χ0) is 15.4. The largest absolute Gasteiger partial charge is 0.378 e. The molecule has 0 radical (unpaired) electrons. The molecule has 2 aromatic rings. The van der Waals surface area contributed by atoms with Gasteiger partial charge in [-0.1, -0.05) is 12.1 Å². The van der Waals surface area contributed by atoms with Gasteiger partial charge in [0.05, 0.1) is 5.71 Å². The van der Waals surface area contributed by atoms with Crippen molar-refractivity contribution in [1.82, 2.24) is 15.6 Å². The highest BCUT2D eigenvalue weighted by Gasteiger charge is 2.08. The number of anilines is 1. The summed E-state index contributed by atoms with van der Waals surface area (Å²) in [6.07, 6.45) is 0. The Hall–Kier alpha value is -2.63. The molecule has 6 nitrogen and oxygen atoms in total. The zero-order valence-corrected chi connectivity index (χ0v) is 12.6. The van der Waals surface area contributed by atoms with Crippen LogP contribution in [0.25, 0.3) is 0 Å². The number of nitrogens with one attached hydrogen (secondary N) is 2. The molecule has 6 heteroatoms. The summed E-state index contributed by atoms with van der Waals surface area (Å²) >= 11 is 0. The van der Waals surface area contributed by atoms with Crippen LogP contribution in [0.5, 0.6) is 0 Å². The highest BCUT2D eigenvalue weighted by atomic mass is 16.2. The van der Waals surface area contributed by atoms with Gasteiger partial charge in [0.15, 0.2) is 5.69 Å². The van der Waals surface area contributed by atoms with E-state index in [4.69, 9.17) is 0 Å². The number of aryl methyl sites for hydroxylation is 1. The summed E-state index contributed by atoms with van der Waals surface area (Å²) in [7, 11) is 3.98. The summed E-state index contributed by atoms with van der Waals surface area (Å²) in [5.41, 5.74) is 6.47. The van der Waals surface area contributed by atoms with Gasteiger partial charge in [0.2, 0.25) is 0 Å².